The minimum atomic E-state index is -0.375. The number of para-hydroxylation sites is 1. The fourth-order valence-corrected chi connectivity index (χ4v) is 4.60. The second-order valence-electron chi connectivity index (χ2n) is 8.14. The lowest BCUT2D eigenvalue weighted by Gasteiger charge is -2.20. The average Bonchev–Trinajstić information content (AvgIpc) is 3.43. The molecule has 160 valence electrons. The SMILES string of the molecule is CNCc1cccc(CNCC(=O)C2NC=Cc3nc(C4CCCC4)[nH]c32)c1NC. The highest BCUT2D eigenvalue weighted by atomic mass is 16.1. The Morgan fingerprint density at radius 1 is 1.17 bits per heavy atom. The number of H-pyrrole nitrogens is 1. The number of imidazole rings is 1. The number of fused-ring (bicyclic) bond motifs is 1. The van der Waals surface area contributed by atoms with Crippen LogP contribution >= 0.6 is 0 Å². The molecule has 1 aliphatic heterocycles. The first-order valence-corrected chi connectivity index (χ1v) is 10.9. The van der Waals surface area contributed by atoms with Gasteiger partial charge in [0.15, 0.2) is 5.78 Å². The van der Waals surface area contributed by atoms with E-state index in [-0.39, 0.29) is 11.8 Å². The molecular formula is C23H32N6O. The summed E-state index contributed by atoms with van der Waals surface area (Å²) in [5.41, 5.74) is 5.28. The molecule has 1 aromatic heterocycles. The maximum absolute atomic E-state index is 13.0. The largest absolute Gasteiger partial charge is 0.388 e. The Bertz CT molecular complexity index is 912. The number of ketones is 1. The molecule has 7 nitrogen and oxygen atoms in total. The molecule has 4 rings (SSSR count). The van der Waals surface area contributed by atoms with E-state index < -0.39 is 0 Å². The number of rotatable bonds is 9. The molecule has 2 heterocycles. The summed E-state index contributed by atoms with van der Waals surface area (Å²) in [4.78, 5) is 21.2. The van der Waals surface area contributed by atoms with Gasteiger partial charge in [0.25, 0.3) is 0 Å². The van der Waals surface area contributed by atoms with Gasteiger partial charge in [-0.2, -0.15) is 0 Å². The zero-order valence-electron chi connectivity index (χ0n) is 17.8. The van der Waals surface area contributed by atoms with Crippen molar-refractivity contribution in [2.45, 2.75) is 50.7 Å². The highest BCUT2D eigenvalue weighted by Crippen LogP contribution is 2.34. The van der Waals surface area contributed by atoms with Crippen molar-refractivity contribution in [3.05, 3.63) is 52.7 Å². The first kappa shape index (κ1) is 20.6. The number of nitrogens with zero attached hydrogens (tertiary/aromatic N) is 1. The number of carbonyl (C=O) groups excluding carboxylic acids is 1. The highest BCUT2D eigenvalue weighted by molar-refractivity contribution is 5.88. The molecule has 2 aliphatic rings. The number of Topliss-reactive ketones (excluding diaryl/α,β-unsaturated/α-hetero) is 1. The third-order valence-electron chi connectivity index (χ3n) is 6.11. The van der Waals surface area contributed by atoms with Gasteiger partial charge in [-0.3, -0.25) is 4.79 Å². The smallest absolute Gasteiger partial charge is 0.174 e. The standard InChI is InChI=1S/C23H32N6O/c1-24-12-16-8-5-9-17(20(16)25-2)13-26-14-19(30)22-21-18(10-11-27-22)28-23(29-21)15-6-3-4-7-15/h5,8-11,15,22,24-27H,3-4,6-7,12-14H2,1-2H3,(H,28,29). The summed E-state index contributed by atoms with van der Waals surface area (Å²) in [6, 6.07) is 5.88. The lowest BCUT2D eigenvalue weighted by molar-refractivity contribution is -0.120. The Morgan fingerprint density at radius 3 is 2.67 bits per heavy atom. The van der Waals surface area contributed by atoms with E-state index in [4.69, 9.17) is 4.98 Å². The van der Waals surface area contributed by atoms with Crippen molar-refractivity contribution in [1.82, 2.24) is 25.9 Å². The molecule has 1 saturated carbocycles. The summed E-state index contributed by atoms with van der Waals surface area (Å²) in [6.45, 7) is 1.72. The summed E-state index contributed by atoms with van der Waals surface area (Å²) in [5.74, 6) is 1.65. The van der Waals surface area contributed by atoms with Crippen LogP contribution in [0.15, 0.2) is 24.4 Å². The molecule has 1 aliphatic carbocycles. The second-order valence-corrected chi connectivity index (χ2v) is 8.14. The molecule has 1 atom stereocenters. The molecule has 1 fully saturated rings. The molecule has 0 saturated heterocycles. The van der Waals surface area contributed by atoms with Gasteiger partial charge in [0.2, 0.25) is 0 Å². The molecule has 2 aromatic rings. The number of hydrogen-bond donors (Lipinski definition) is 5. The van der Waals surface area contributed by atoms with Crippen molar-refractivity contribution >= 4 is 17.5 Å². The zero-order valence-corrected chi connectivity index (χ0v) is 17.8. The van der Waals surface area contributed by atoms with Gasteiger partial charge in [0.05, 0.1) is 17.9 Å². The summed E-state index contributed by atoms with van der Waals surface area (Å²) in [5, 5.41) is 13.0. The van der Waals surface area contributed by atoms with Crippen LogP contribution in [0.2, 0.25) is 0 Å². The predicted octanol–water partition coefficient (Wildman–Crippen LogP) is 2.80. The van der Waals surface area contributed by atoms with Crippen LogP contribution in [0.3, 0.4) is 0 Å². The molecule has 0 radical (unpaired) electrons. The van der Waals surface area contributed by atoms with E-state index in [1.807, 2.05) is 26.4 Å². The molecule has 0 bridgehead atoms. The van der Waals surface area contributed by atoms with Gasteiger partial charge in [-0.1, -0.05) is 31.0 Å². The van der Waals surface area contributed by atoms with Crippen molar-refractivity contribution in [3.63, 3.8) is 0 Å². The second kappa shape index (κ2) is 9.45. The quantitative estimate of drug-likeness (QED) is 0.438. The van der Waals surface area contributed by atoms with Gasteiger partial charge >= 0.3 is 0 Å². The van der Waals surface area contributed by atoms with E-state index in [1.165, 1.54) is 31.2 Å². The number of nitrogens with one attached hydrogen (secondary N) is 5. The lowest BCUT2D eigenvalue weighted by Crippen LogP contribution is -2.34. The minimum absolute atomic E-state index is 0.111. The maximum atomic E-state index is 13.0. The fraction of sp³-hybridized carbons (Fsp3) is 0.478. The third-order valence-corrected chi connectivity index (χ3v) is 6.11. The van der Waals surface area contributed by atoms with E-state index in [0.717, 1.165) is 35.0 Å². The van der Waals surface area contributed by atoms with Crippen molar-refractivity contribution in [3.8, 4) is 0 Å². The highest BCUT2D eigenvalue weighted by Gasteiger charge is 2.29. The normalized spacial score (nSPS) is 18.3. The van der Waals surface area contributed by atoms with E-state index in [0.29, 0.717) is 19.0 Å². The number of aromatic amines is 1. The molecule has 30 heavy (non-hydrogen) atoms. The van der Waals surface area contributed by atoms with Crippen LogP contribution in [-0.4, -0.2) is 36.4 Å². The van der Waals surface area contributed by atoms with E-state index >= 15 is 0 Å². The lowest BCUT2D eigenvalue weighted by atomic mass is 10.0. The monoisotopic (exact) mass is 408 g/mol. The Labute approximate surface area is 178 Å². The summed E-state index contributed by atoms with van der Waals surface area (Å²) >= 11 is 0. The van der Waals surface area contributed by atoms with Gasteiger partial charge < -0.3 is 26.3 Å². The van der Waals surface area contributed by atoms with Crippen LogP contribution in [0.25, 0.3) is 6.08 Å². The van der Waals surface area contributed by atoms with Gasteiger partial charge in [0, 0.05) is 31.7 Å². The molecular weight excluding hydrogens is 376 g/mol. The molecule has 7 heteroatoms. The van der Waals surface area contributed by atoms with E-state index in [1.54, 1.807) is 0 Å². The first-order chi connectivity index (χ1) is 14.7. The van der Waals surface area contributed by atoms with Gasteiger partial charge in [-0.25, -0.2) is 4.98 Å². The van der Waals surface area contributed by atoms with Gasteiger partial charge in [-0.15, -0.1) is 0 Å². The van der Waals surface area contributed by atoms with Crippen LogP contribution in [0, 0.1) is 0 Å². The minimum Gasteiger partial charge on any atom is -0.388 e. The number of anilines is 1. The van der Waals surface area contributed by atoms with E-state index in [9.17, 15) is 4.79 Å². The van der Waals surface area contributed by atoms with Crippen LogP contribution in [0.1, 0.15) is 66.0 Å². The van der Waals surface area contributed by atoms with Crippen LogP contribution < -0.4 is 21.3 Å². The predicted molar refractivity (Wildman–Crippen MR) is 120 cm³/mol. The van der Waals surface area contributed by atoms with Crippen molar-refractivity contribution in [1.29, 1.82) is 0 Å². The number of aromatic nitrogens is 2. The Hall–Kier alpha value is -2.64. The van der Waals surface area contributed by atoms with Crippen LogP contribution in [-0.2, 0) is 17.9 Å². The molecule has 0 amide bonds. The summed E-state index contributed by atoms with van der Waals surface area (Å²) < 4.78 is 0. The van der Waals surface area contributed by atoms with Gasteiger partial charge in [0.1, 0.15) is 11.9 Å². The van der Waals surface area contributed by atoms with Crippen molar-refractivity contribution in [2.24, 2.45) is 0 Å². The Kier molecular flexibility index (Phi) is 6.50. The molecule has 0 spiro atoms. The molecule has 1 unspecified atom stereocenters. The number of hydrogen-bond acceptors (Lipinski definition) is 6. The van der Waals surface area contributed by atoms with Crippen LogP contribution in [0.5, 0.6) is 0 Å². The molecule has 5 N–H and O–H groups in total. The summed E-state index contributed by atoms with van der Waals surface area (Å²) in [7, 11) is 3.87. The third kappa shape index (κ3) is 4.27. The summed E-state index contributed by atoms with van der Waals surface area (Å²) in [6.07, 6.45) is 8.69. The van der Waals surface area contributed by atoms with Crippen molar-refractivity contribution in [2.75, 3.05) is 26.0 Å². The average molecular weight is 409 g/mol. The van der Waals surface area contributed by atoms with E-state index in [2.05, 4.69) is 44.5 Å². The zero-order chi connectivity index (χ0) is 20.9. The number of carbonyl (C=O) groups is 1. The van der Waals surface area contributed by atoms with Crippen LogP contribution in [0.4, 0.5) is 5.69 Å². The fourth-order valence-electron chi connectivity index (χ4n) is 4.60. The van der Waals surface area contributed by atoms with Gasteiger partial charge in [-0.05, 0) is 43.3 Å². The molecule has 1 aromatic carbocycles. The number of benzene rings is 1. The van der Waals surface area contributed by atoms with Crippen molar-refractivity contribution < 1.29 is 4.79 Å². The topological polar surface area (TPSA) is 93.9 Å². The first-order valence-electron chi connectivity index (χ1n) is 10.9. The Balaban J connectivity index is 1.40. The Morgan fingerprint density at radius 2 is 1.93 bits per heavy atom. The maximum Gasteiger partial charge on any atom is 0.174 e.